The first kappa shape index (κ1) is 9.70. The van der Waals surface area contributed by atoms with Crippen molar-refractivity contribution in [3.05, 3.63) is 23.3 Å². The van der Waals surface area contributed by atoms with Gasteiger partial charge in [0.15, 0.2) is 6.73 Å². The molecule has 0 saturated heterocycles. The van der Waals surface area contributed by atoms with Crippen molar-refractivity contribution in [3.63, 3.8) is 0 Å². The average Bonchev–Trinajstić information content (AvgIpc) is 2.70. The van der Waals surface area contributed by atoms with Gasteiger partial charge in [0.25, 0.3) is 0 Å². The molecule has 0 fully saturated rings. The zero-order valence-corrected chi connectivity index (χ0v) is 9.24. The highest BCUT2D eigenvalue weighted by molar-refractivity contribution is 5.69. The van der Waals surface area contributed by atoms with Gasteiger partial charge in [-0.3, -0.25) is 0 Å². The Morgan fingerprint density at radius 2 is 2.00 bits per heavy atom. The summed E-state index contributed by atoms with van der Waals surface area (Å²) in [6.45, 7) is 0.933. The van der Waals surface area contributed by atoms with E-state index in [1.165, 1.54) is 30.4 Å². The van der Waals surface area contributed by atoms with Crippen molar-refractivity contribution in [2.45, 2.75) is 25.7 Å². The Hall–Kier alpha value is -1.51. The minimum atomic E-state index is 0.422. The molecule has 0 unspecified atom stereocenters. The predicted octanol–water partition coefficient (Wildman–Crippen LogP) is 1.92. The number of fused-ring (bicyclic) bond motifs is 2. The van der Waals surface area contributed by atoms with E-state index in [1.54, 1.807) is 0 Å². The number of hydrogen-bond donors (Lipinski definition) is 0. The van der Waals surface area contributed by atoms with Crippen LogP contribution >= 0.6 is 0 Å². The number of nitrogens with zero attached hydrogens (tertiary/aromatic N) is 1. The highest BCUT2D eigenvalue weighted by Gasteiger charge is 2.23. The van der Waals surface area contributed by atoms with Crippen LogP contribution in [0.15, 0.2) is 12.1 Å². The normalized spacial score (nSPS) is 17.6. The number of carbonyl (C=O) groups is 1. The zero-order valence-electron chi connectivity index (χ0n) is 9.24. The summed E-state index contributed by atoms with van der Waals surface area (Å²) in [7, 11) is 0. The summed E-state index contributed by atoms with van der Waals surface area (Å²) in [5.41, 5.74) is 3.96. The number of ether oxygens (including phenoxy) is 1. The van der Waals surface area contributed by atoms with Gasteiger partial charge in [0.05, 0.1) is 12.2 Å². The number of carbonyl (C=O) groups excluding carboxylic acids is 1. The summed E-state index contributed by atoms with van der Waals surface area (Å²) >= 11 is 0. The van der Waals surface area contributed by atoms with Crippen LogP contribution in [0.5, 0.6) is 5.75 Å². The Morgan fingerprint density at radius 3 is 2.75 bits per heavy atom. The predicted molar refractivity (Wildman–Crippen MR) is 62.0 cm³/mol. The molecule has 3 heteroatoms. The Kier molecular flexibility index (Phi) is 2.31. The lowest BCUT2D eigenvalue weighted by molar-refractivity contribution is -0.106. The lowest BCUT2D eigenvalue weighted by atomic mass is 9.91. The number of benzene rings is 1. The average molecular weight is 217 g/mol. The third-order valence-corrected chi connectivity index (χ3v) is 3.43. The molecule has 16 heavy (non-hydrogen) atoms. The van der Waals surface area contributed by atoms with Gasteiger partial charge in [-0.1, -0.05) is 0 Å². The Labute approximate surface area is 95.0 Å². The number of anilines is 1. The van der Waals surface area contributed by atoms with E-state index in [9.17, 15) is 4.79 Å². The van der Waals surface area contributed by atoms with Gasteiger partial charge < -0.3 is 14.4 Å². The van der Waals surface area contributed by atoms with E-state index in [4.69, 9.17) is 4.74 Å². The molecule has 2 aliphatic rings. The van der Waals surface area contributed by atoms with Crippen molar-refractivity contribution in [2.24, 2.45) is 0 Å². The monoisotopic (exact) mass is 217 g/mol. The molecule has 1 aromatic carbocycles. The second kappa shape index (κ2) is 3.81. The smallest absolute Gasteiger partial charge is 0.162 e. The zero-order chi connectivity index (χ0) is 11.0. The van der Waals surface area contributed by atoms with Crippen LogP contribution in [-0.2, 0) is 17.6 Å². The van der Waals surface area contributed by atoms with Crippen molar-refractivity contribution >= 4 is 12.0 Å². The van der Waals surface area contributed by atoms with E-state index in [0.717, 1.165) is 24.1 Å². The summed E-state index contributed by atoms with van der Waals surface area (Å²) in [6, 6.07) is 4.37. The summed E-state index contributed by atoms with van der Waals surface area (Å²) in [5.74, 6) is 0.947. The Morgan fingerprint density at radius 1 is 1.25 bits per heavy atom. The molecule has 1 heterocycles. The first-order valence-electron chi connectivity index (χ1n) is 5.85. The molecule has 3 nitrogen and oxygen atoms in total. The highest BCUT2D eigenvalue weighted by Crippen LogP contribution is 2.38. The maximum Gasteiger partial charge on any atom is 0.162 e. The maximum atomic E-state index is 10.6. The number of rotatable bonds is 2. The van der Waals surface area contributed by atoms with E-state index < -0.39 is 0 Å². The molecule has 0 bridgehead atoms. The van der Waals surface area contributed by atoms with Gasteiger partial charge in [-0.05, 0) is 48.9 Å². The van der Waals surface area contributed by atoms with Gasteiger partial charge in [-0.2, -0.15) is 0 Å². The minimum Gasteiger partial charge on any atom is -0.471 e. The largest absolute Gasteiger partial charge is 0.471 e. The third kappa shape index (κ3) is 1.47. The lowest BCUT2D eigenvalue weighted by Gasteiger charge is -2.18. The van der Waals surface area contributed by atoms with E-state index >= 15 is 0 Å². The molecule has 0 saturated carbocycles. The van der Waals surface area contributed by atoms with Gasteiger partial charge in [0.2, 0.25) is 0 Å². The van der Waals surface area contributed by atoms with Crippen LogP contribution in [-0.4, -0.2) is 19.6 Å². The molecule has 84 valence electrons. The summed E-state index contributed by atoms with van der Waals surface area (Å²) in [5, 5.41) is 0. The first-order valence-corrected chi connectivity index (χ1v) is 5.85. The molecule has 1 aliphatic heterocycles. The molecule has 3 rings (SSSR count). The maximum absolute atomic E-state index is 10.6. The van der Waals surface area contributed by atoms with Crippen LogP contribution in [0.3, 0.4) is 0 Å². The topological polar surface area (TPSA) is 29.5 Å². The summed E-state index contributed by atoms with van der Waals surface area (Å²) in [4.78, 5) is 12.5. The molecular formula is C13H15NO2. The molecule has 0 amide bonds. The fraction of sp³-hybridized carbons (Fsp3) is 0.462. The van der Waals surface area contributed by atoms with Crippen LogP contribution < -0.4 is 9.64 Å². The molecule has 0 aromatic heterocycles. The van der Waals surface area contributed by atoms with Crippen LogP contribution in [0.25, 0.3) is 0 Å². The van der Waals surface area contributed by atoms with Gasteiger partial charge in [0.1, 0.15) is 12.0 Å². The van der Waals surface area contributed by atoms with Crippen molar-refractivity contribution in [1.29, 1.82) is 0 Å². The minimum absolute atomic E-state index is 0.422. The summed E-state index contributed by atoms with van der Waals surface area (Å²) < 4.78 is 5.60. The molecule has 1 aliphatic carbocycles. The molecule has 0 spiro atoms. The van der Waals surface area contributed by atoms with Crippen molar-refractivity contribution in [1.82, 2.24) is 0 Å². The van der Waals surface area contributed by atoms with Crippen molar-refractivity contribution < 1.29 is 9.53 Å². The standard InChI is InChI=1S/C13H15NO2/c15-6-5-14-9-16-13-8-11-4-2-1-3-10(11)7-12(13)14/h6-8H,1-5,9H2. The van der Waals surface area contributed by atoms with Crippen LogP contribution in [0.1, 0.15) is 24.0 Å². The van der Waals surface area contributed by atoms with Crippen LogP contribution in [0.4, 0.5) is 5.69 Å². The lowest BCUT2D eigenvalue weighted by Crippen LogP contribution is -2.24. The third-order valence-electron chi connectivity index (χ3n) is 3.43. The molecular weight excluding hydrogens is 202 g/mol. The number of hydrogen-bond acceptors (Lipinski definition) is 3. The number of aldehydes is 1. The van der Waals surface area contributed by atoms with E-state index in [-0.39, 0.29) is 0 Å². The van der Waals surface area contributed by atoms with Crippen LogP contribution in [0.2, 0.25) is 0 Å². The van der Waals surface area contributed by atoms with Gasteiger partial charge in [-0.15, -0.1) is 0 Å². The van der Waals surface area contributed by atoms with Gasteiger partial charge in [0, 0.05) is 0 Å². The van der Waals surface area contributed by atoms with E-state index in [2.05, 4.69) is 12.1 Å². The van der Waals surface area contributed by atoms with E-state index in [1.807, 2.05) is 4.90 Å². The highest BCUT2D eigenvalue weighted by atomic mass is 16.5. The Bertz CT molecular complexity index is 428. The van der Waals surface area contributed by atoms with Crippen molar-refractivity contribution in [3.8, 4) is 5.75 Å². The number of aryl methyl sites for hydroxylation is 2. The molecule has 0 radical (unpaired) electrons. The second-order valence-corrected chi connectivity index (χ2v) is 4.46. The molecule has 0 atom stereocenters. The van der Waals surface area contributed by atoms with Gasteiger partial charge >= 0.3 is 0 Å². The van der Waals surface area contributed by atoms with Crippen LogP contribution in [0, 0.1) is 0 Å². The fourth-order valence-electron chi connectivity index (χ4n) is 2.57. The van der Waals surface area contributed by atoms with E-state index in [0.29, 0.717) is 13.3 Å². The Balaban J connectivity index is 2.00. The first-order chi connectivity index (χ1) is 7.88. The second-order valence-electron chi connectivity index (χ2n) is 4.46. The quantitative estimate of drug-likeness (QED) is 0.709. The fourth-order valence-corrected chi connectivity index (χ4v) is 2.57. The molecule has 1 aromatic rings. The van der Waals surface area contributed by atoms with Crippen molar-refractivity contribution in [2.75, 3.05) is 18.2 Å². The summed E-state index contributed by atoms with van der Waals surface area (Å²) in [6.07, 6.45) is 5.82. The SMILES string of the molecule is O=CCN1COc2cc3c(cc21)CCCC3. The molecule has 0 N–H and O–H groups in total. The van der Waals surface area contributed by atoms with Gasteiger partial charge in [-0.25, -0.2) is 0 Å².